The largest absolute Gasteiger partial charge is 0.353 e. The molecule has 122 valence electrons. The summed E-state index contributed by atoms with van der Waals surface area (Å²) in [5.74, 6) is -0.0438. The maximum Gasteiger partial charge on any atom is 0.224 e. The molecule has 0 saturated carbocycles. The van der Waals surface area contributed by atoms with E-state index in [9.17, 15) is 9.59 Å². The Morgan fingerprint density at radius 1 is 1.09 bits per heavy atom. The standard InChI is InChI=1S/C18H28N2O2/c1-4-5-6-7-8-14(2)19-18(22)13-16-9-11-17(12-10-16)20-15(3)21/h9-12,14H,4-8,13H2,1-3H3,(H,19,22)(H,20,21). The third-order valence-electron chi connectivity index (χ3n) is 3.54. The molecule has 2 amide bonds. The fourth-order valence-corrected chi connectivity index (χ4v) is 2.37. The van der Waals surface area contributed by atoms with Gasteiger partial charge in [0.25, 0.3) is 0 Å². The van der Waals surface area contributed by atoms with Crippen LogP contribution >= 0.6 is 0 Å². The van der Waals surface area contributed by atoms with Crippen molar-refractivity contribution in [1.82, 2.24) is 5.32 Å². The highest BCUT2D eigenvalue weighted by Crippen LogP contribution is 2.10. The summed E-state index contributed by atoms with van der Waals surface area (Å²) in [6.45, 7) is 5.73. The molecule has 0 aliphatic carbocycles. The molecule has 0 fully saturated rings. The van der Waals surface area contributed by atoms with Crippen LogP contribution < -0.4 is 10.6 Å². The van der Waals surface area contributed by atoms with Crippen molar-refractivity contribution in [3.8, 4) is 0 Å². The summed E-state index contributed by atoms with van der Waals surface area (Å²) in [5, 5.41) is 5.75. The van der Waals surface area contributed by atoms with Gasteiger partial charge in [0.2, 0.25) is 11.8 Å². The molecule has 0 bridgehead atoms. The van der Waals surface area contributed by atoms with Crippen molar-refractivity contribution in [3.63, 3.8) is 0 Å². The molecule has 0 aliphatic rings. The summed E-state index contributed by atoms with van der Waals surface area (Å²) in [7, 11) is 0. The molecule has 0 aromatic heterocycles. The summed E-state index contributed by atoms with van der Waals surface area (Å²) in [6.07, 6.45) is 6.31. The summed E-state index contributed by atoms with van der Waals surface area (Å²) in [5.41, 5.74) is 1.70. The number of anilines is 1. The van der Waals surface area contributed by atoms with Crippen LogP contribution in [0.1, 0.15) is 58.4 Å². The number of rotatable bonds is 9. The van der Waals surface area contributed by atoms with Crippen LogP contribution in [-0.2, 0) is 16.0 Å². The van der Waals surface area contributed by atoms with Gasteiger partial charge in [0.05, 0.1) is 6.42 Å². The van der Waals surface area contributed by atoms with Gasteiger partial charge in [-0.25, -0.2) is 0 Å². The van der Waals surface area contributed by atoms with E-state index in [1.165, 1.54) is 32.6 Å². The van der Waals surface area contributed by atoms with E-state index in [2.05, 4.69) is 24.5 Å². The molecular weight excluding hydrogens is 276 g/mol. The second kappa shape index (κ2) is 9.98. The van der Waals surface area contributed by atoms with Gasteiger partial charge >= 0.3 is 0 Å². The minimum Gasteiger partial charge on any atom is -0.353 e. The fourth-order valence-electron chi connectivity index (χ4n) is 2.37. The average Bonchev–Trinajstić information content (AvgIpc) is 2.45. The van der Waals surface area contributed by atoms with Crippen molar-refractivity contribution in [1.29, 1.82) is 0 Å². The lowest BCUT2D eigenvalue weighted by molar-refractivity contribution is -0.121. The molecule has 1 aromatic rings. The lowest BCUT2D eigenvalue weighted by Gasteiger charge is -2.14. The topological polar surface area (TPSA) is 58.2 Å². The molecule has 1 rings (SSSR count). The number of benzene rings is 1. The summed E-state index contributed by atoms with van der Waals surface area (Å²) in [6, 6.07) is 7.60. The first-order valence-electron chi connectivity index (χ1n) is 8.17. The molecule has 4 heteroatoms. The zero-order valence-electron chi connectivity index (χ0n) is 13.9. The van der Waals surface area contributed by atoms with E-state index in [1.54, 1.807) is 0 Å². The van der Waals surface area contributed by atoms with Crippen LogP contribution in [0.25, 0.3) is 0 Å². The Labute approximate surface area is 133 Å². The number of carbonyl (C=O) groups excluding carboxylic acids is 2. The first-order chi connectivity index (χ1) is 10.5. The van der Waals surface area contributed by atoms with E-state index in [1.807, 2.05) is 24.3 Å². The van der Waals surface area contributed by atoms with E-state index in [4.69, 9.17) is 0 Å². The van der Waals surface area contributed by atoms with Gasteiger partial charge < -0.3 is 10.6 Å². The van der Waals surface area contributed by atoms with Gasteiger partial charge in [0.15, 0.2) is 0 Å². The third kappa shape index (κ3) is 7.81. The molecule has 22 heavy (non-hydrogen) atoms. The minimum atomic E-state index is -0.0950. The van der Waals surface area contributed by atoms with Crippen LogP contribution in [0.3, 0.4) is 0 Å². The van der Waals surface area contributed by atoms with E-state index in [0.29, 0.717) is 6.42 Å². The Morgan fingerprint density at radius 3 is 2.36 bits per heavy atom. The Kier molecular flexibility index (Phi) is 8.26. The fraction of sp³-hybridized carbons (Fsp3) is 0.556. The molecule has 4 nitrogen and oxygen atoms in total. The number of carbonyl (C=O) groups is 2. The lowest BCUT2D eigenvalue weighted by atomic mass is 10.1. The van der Waals surface area contributed by atoms with Gasteiger partial charge in [-0.15, -0.1) is 0 Å². The molecule has 1 aromatic carbocycles. The van der Waals surface area contributed by atoms with E-state index in [-0.39, 0.29) is 17.9 Å². The first kappa shape index (κ1) is 18.2. The van der Waals surface area contributed by atoms with Crippen molar-refractivity contribution in [3.05, 3.63) is 29.8 Å². The molecule has 0 spiro atoms. The summed E-state index contributed by atoms with van der Waals surface area (Å²) < 4.78 is 0. The van der Waals surface area contributed by atoms with Gasteiger partial charge in [-0.1, -0.05) is 44.7 Å². The number of hydrogen-bond donors (Lipinski definition) is 2. The molecular formula is C18H28N2O2. The third-order valence-corrected chi connectivity index (χ3v) is 3.54. The molecule has 0 aliphatic heterocycles. The van der Waals surface area contributed by atoms with Gasteiger partial charge in [0, 0.05) is 18.7 Å². The monoisotopic (exact) mass is 304 g/mol. The predicted octanol–water partition coefficient (Wildman–Crippen LogP) is 3.66. The smallest absolute Gasteiger partial charge is 0.224 e. The van der Waals surface area contributed by atoms with Gasteiger partial charge in [-0.05, 0) is 31.0 Å². The number of nitrogens with one attached hydrogen (secondary N) is 2. The van der Waals surface area contributed by atoms with Crippen molar-refractivity contribution >= 4 is 17.5 Å². The molecule has 1 unspecified atom stereocenters. The zero-order valence-corrected chi connectivity index (χ0v) is 13.9. The highest BCUT2D eigenvalue weighted by Gasteiger charge is 2.08. The molecule has 0 radical (unpaired) electrons. The highest BCUT2D eigenvalue weighted by atomic mass is 16.2. The van der Waals surface area contributed by atoms with Crippen LogP contribution in [-0.4, -0.2) is 17.9 Å². The Bertz CT molecular complexity index is 468. The maximum atomic E-state index is 12.0. The van der Waals surface area contributed by atoms with Gasteiger partial charge in [-0.2, -0.15) is 0 Å². The minimum absolute atomic E-state index is 0.0512. The number of hydrogen-bond acceptors (Lipinski definition) is 2. The molecule has 1 atom stereocenters. The Morgan fingerprint density at radius 2 is 1.77 bits per heavy atom. The van der Waals surface area contributed by atoms with Crippen LogP contribution in [0.4, 0.5) is 5.69 Å². The second-order valence-corrected chi connectivity index (χ2v) is 5.87. The van der Waals surface area contributed by atoms with Crippen LogP contribution in [0.15, 0.2) is 24.3 Å². The quantitative estimate of drug-likeness (QED) is 0.684. The first-order valence-corrected chi connectivity index (χ1v) is 8.17. The SMILES string of the molecule is CCCCCCC(C)NC(=O)Cc1ccc(NC(C)=O)cc1. The van der Waals surface area contributed by atoms with Crippen LogP contribution in [0.5, 0.6) is 0 Å². The van der Waals surface area contributed by atoms with E-state index < -0.39 is 0 Å². The van der Waals surface area contributed by atoms with Gasteiger partial charge in [0.1, 0.15) is 0 Å². The molecule has 0 heterocycles. The summed E-state index contributed by atoms with van der Waals surface area (Å²) >= 11 is 0. The van der Waals surface area contributed by atoms with Crippen LogP contribution in [0, 0.1) is 0 Å². The second-order valence-electron chi connectivity index (χ2n) is 5.87. The maximum absolute atomic E-state index is 12.0. The van der Waals surface area contributed by atoms with Crippen molar-refractivity contribution in [2.24, 2.45) is 0 Å². The average molecular weight is 304 g/mol. The van der Waals surface area contributed by atoms with E-state index >= 15 is 0 Å². The number of unbranched alkanes of at least 4 members (excludes halogenated alkanes) is 3. The number of amides is 2. The highest BCUT2D eigenvalue weighted by molar-refractivity contribution is 5.88. The van der Waals surface area contributed by atoms with E-state index in [0.717, 1.165) is 17.7 Å². The zero-order chi connectivity index (χ0) is 16.4. The van der Waals surface area contributed by atoms with Crippen molar-refractivity contribution < 1.29 is 9.59 Å². The normalized spacial score (nSPS) is 11.8. The lowest BCUT2D eigenvalue weighted by Crippen LogP contribution is -2.33. The Balaban J connectivity index is 2.33. The van der Waals surface area contributed by atoms with Crippen LogP contribution in [0.2, 0.25) is 0 Å². The Hall–Kier alpha value is -1.84. The predicted molar refractivity (Wildman–Crippen MR) is 90.8 cm³/mol. The molecule has 2 N–H and O–H groups in total. The summed E-state index contributed by atoms with van der Waals surface area (Å²) in [4.78, 5) is 22.9. The van der Waals surface area contributed by atoms with Crippen molar-refractivity contribution in [2.45, 2.75) is 65.3 Å². The molecule has 0 saturated heterocycles. The van der Waals surface area contributed by atoms with Gasteiger partial charge in [-0.3, -0.25) is 9.59 Å². The van der Waals surface area contributed by atoms with Crippen molar-refractivity contribution in [2.75, 3.05) is 5.32 Å².